The molecule has 109 valence electrons. The lowest BCUT2D eigenvalue weighted by atomic mass is 9.95. The van der Waals surface area contributed by atoms with Crippen molar-refractivity contribution in [2.75, 3.05) is 0 Å². The molecule has 2 heteroatoms. The minimum absolute atomic E-state index is 0.550. The standard InChI is InChI=1S/C21H13O2/c22-14-23-21-18-10-4-2-7-16(18)12-13-20(21)19-11-5-8-15-6-1-3-9-17(15)19/h1-13H. The third kappa shape index (κ3) is 2.25. The van der Waals surface area contributed by atoms with Crippen molar-refractivity contribution in [3.8, 4) is 16.9 Å². The Morgan fingerprint density at radius 1 is 0.609 bits per heavy atom. The van der Waals surface area contributed by atoms with Crippen LogP contribution in [0.5, 0.6) is 5.75 Å². The van der Waals surface area contributed by atoms with E-state index >= 15 is 0 Å². The van der Waals surface area contributed by atoms with E-state index in [-0.39, 0.29) is 0 Å². The van der Waals surface area contributed by atoms with Gasteiger partial charge in [0.2, 0.25) is 0 Å². The molecule has 0 atom stereocenters. The van der Waals surface area contributed by atoms with E-state index in [0.29, 0.717) is 5.75 Å². The second kappa shape index (κ2) is 5.58. The molecule has 2 nitrogen and oxygen atoms in total. The molecule has 23 heavy (non-hydrogen) atoms. The highest BCUT2D eigenvalue weighted by molar-refractivity contribution is 6.03. The highest BCUT2D eigenvalue weighted by atomic mass is 16.5. The molecule has 4 aromatic carbocycles. The van der Waals surface area contributed by atoms with Crippen LogP contribution in [0.25, 0.3) is 32.7 Å². The Hall–Kier alpha value is -3.13. The molecule has 0 aromatic heterocycles. The number of fused-ring (bicyclic) bond motifs is 2. The zero-order valence-corrected chi connectivity index (χ0v) is 12.3. The minimum atomic E-state index is 0.550. The van der Waals surface area contributed by atoms with E-state index in [9.17, 15) is 4.79 Å². The van der Waals surface area contributed by atoms with Gasteiger partial charge in [0, 0.05) is 10.9 Å². The smallest absolute Gasteiger partial charge is 0.417 e. The second-order valence-electron chi connectivity index (χ2n) is 5.38. The number of hydrogen-bond donors (Lipinski definition) is 0. The molecule has 0 aliphatic heterocycles. The van der Waals surface area contributed by atoms with E-state index in [1.54, 1.807) is 6.47 Å². The first kappa shape index (κ1) is 13.5. The van der Waals surface area contributed by atoms with Gasteiger partial charge < -0.3 is 4.74 Å². The summed E-state index contributed by atoms with van der Waals surface area (Å²) in [4.78, 5) is 10.9. The molecule has 0 bridgehead atoms. The number of ether oxygens (including phenoxy) is 1. The maximum atomic E-state index is 10.9. The van der Waals surface area contributed by atoms with Gasteiger partial charge in [-0.25, -0.2) is 4.79 Å². The predicted octanol–water partition coefficient (Wildman–Crippen LogP) is 5.11. The van der Waals surface area contributed by atoms with Crippen molar-refractivity contribution in [3.63, 3.8) is 0 Å². The topological polar surface area (TPSA) is 26.3 Å². The van der Waals surface area contributed by atoms with Crippen molar-refractivity contribution >= 4 is 28.0 Å². The van der Waals surface area contributed by atoms with Crippen LogP contribution in [-0.4, -0.2) is 6.47 Å². The summed E-state index contributed by atoms with van der Waals surface area (Å²) < 4.78 is 5.25. The van der Waals surface area contributed by atoms with Crippen LogP contribution in [0.3, 0.4) is 0 Å². The van der Waals surface area contributed by atoms with E-state index < -0.39 is 0 Å². The van der Waals surface area contributed by atoms with Gasteiger partial charge in [-0.1, -0.05) is 72.8 Å². The van der Waals surface area contributed by atoms with E-state index in [1.807, 2.05) is 60.7 Å². The van der Waals surface area contributed by atoms with Crippen molar-refractivity contribution in [1.29, 1.82) is 0 Å². The molecule has 0 unspecified atom stereocenters. The highest BCUT2D eigenvalue weighted by Crippen LogP contribution is 2.39. The zero-order chi connectivity index (χ0) is 15.6. The van der Waals surface area contributed by atoms with Crippen molar-refractivity contribution in [2.24, 2.45) is 0 Å². The lowest BCUT2D eigenvalue weighted by Crippen LogP contribution is -1.94. The summed E-state index contributed by atoms with van der Waals surface area (Å²) in [6.07, 6.45) is 0. The molecule has 0 heterocycles. The van der Waals surface area contributed by atoms with Crippen LogP contribution < -0.4 is 4.74 Å². The first-order chi connectivity index (χ1) is 11.4. The Morgan fingerprint density at radius 2 is 1.26 bits per heavy atom. The van der Waals surface area contributed by atoms with E-state index in [0.717, 1.165) is 32.7 Å². The molecule has 0 N–H and O–H groups in total. The third-order valence-corrected chi connectivity index (χ3v) is 4.10. The van der Waals surface area contributed by atoms with Crippen LogP contribution in [0, 0.1) is 0 Å². The summed E-state index contributed by atoms with van der Waals surface area (Å²) in [6, 6.07) is 26.2. The Morgan fingerprint density at radius 3 is 2.04 bits per heavy atom. The monoisotopic (exact) mass is 297 g/mol. The van der Waals surface area contributed by atoms with Crippen molar-refractivity contribution in [1.82, 2.24) is 0 Å². The van der Waals surface area contributed by atoms with Crippen LogP contribution in [0.1, 0.15) is 0 Å². The predicted molar refractivity (Wildman–Crippen MR) is 93.2 cm³/mol. The van der Waals surface area contributed by atoms with Gasteiger partial charge in [0.25, 0.3) is 0 Å². The lowest BCUT2D eigenvalue weighted by molar-refractivity contribution is 0.446. The number of rotatable bonds is 3. The van der Waals surface area contributed by atoms with Crippen LogP contribution in [0.4, 0.5) is 0 Å². The second-order valence-corrected chi connectivity index (χ2v) is 5.38. The molecule has 0 aliphatic rings. The fourth-order valence-electron chi connectivity index (χ4n) is 3.07. The van der Waals surface area contributed by atoms with Crippen LogP contribution >= 0.6 is 0 Å². The first-order valence-electron chi connectivity index (χ1n) is 7.42. The van der Waals surface area contributed by atoms with E-state index in [2.05, 4.69) is 18.2 Å². The average molecular weight is 297 g/mol. The molecule has 0 aliphatic carbocycles. The van der Waals surface area contributed by atoms with Crippen molar-refractivity contribution in [3.05, 3.63) is 78.9 Å². The normalized spacial score (nSPS) is 10.8. The maximum Gasteiger partial charge on any atom is 0.423 e. The van der Waals surface area contributed by atoms with Gasteiger partial charge in [-0.2, -0.15) is 0 Å². The summed E-state index contributed by atoms with van der Waals surface area (Å²) in [7, 11) is 0. The molecular formula is C21H13O2. The SMILES string of the molecule is O=[C]Oc1c(-c2cccc3ccccc23)ccc2ccccc12. The van der Waals surface area contributed by atoms with Gasteiger partial charge in [-0.3, -0.25) is 0 Å². The fraction of sp³-hybridized carbons (Fsp3) is 0. The van der Waals surface area contributed by atoms with Gasteiger partial charge in [0.05, 0.1) is 0 Å². The molecule has 0 saturated carbocycles. The molecular weight excluding hydrogens is 284 g/mol. The van der Waals surface area contributed by atoms with Crippen LogP contribution in [0.2, 0.25) is 0 Å². The highest BCUT2D eigenvalue weighted by Gasteiger charge is 2.13. The molecule has 4 rings (SSSR count). The van der Waals surface area contributed by atoms with E-state index in [4.69, 9.17) is 4.74 Å². The molecule has 0 fully saturated rings. The lowest BCUT2D eigenvalue weighted by Gasteiger charge is -2.13. The quantitative estimate of drug-likeness (QED) is 0.525. The maximum absolute atomic E-state index is 10.9. The molecule has 0 saturated heterocycles. The summed E-state index contributed by atoms with van der Waals surface area (Å²) in [5, 5.41) is 4.21. The van der Waals surface area contributed by atoms with Gasteiger partial charge in [-0.15, -0.1) is 0 Å². The Labute approximate surface area is 133 Å². The summed E-state index contributed by atoms with van der Waals surface area (Å²) >= 11 is 0. The molecule has 0 spiro atoms. The van der Waals surface area contributed by atoms with E-state index in [1.165, 1.54) is 0 Å². The summed E-state index contributed by atoms with van der Waals surface area (Å²) in [5.41, 5.74) is 1.93. The largest absolute Gasteiger partial charge is 0.423 e. The zero-order valence-electron chi connectivity index (χ0n) is 12.3. The van der Waals surface area contributed by atoms with Gasteiger partial charge in [0.15, 0.2) is 0 Å². The average Bonchev–Trinajstić information content (AvgIpc) is 2.62. The van der Waals surface area contributed by atoms with Gasteiger partial charge in [-0.05, 0) is 27.8 Å². The number of hydrogen-bond acceptors (Lipinski definition) is 2. The Bertz CT molecular complexity index is 1010. The van der Waals surface area contributed by atoms with Crippen LogP contribution in [0.15, 0.2) is 78.9 Å². The molecule has 4 aromatic rings. The van der Waals surface area contributed by atoms with Gasteiger partial charge >= 0.3 is 6.47 Å². The molecule has 1 radical (unpaired) electrons. The Balaban J connectivity index is 2.08. The van der Waals surface area contributed by atoms with Crippen LogP contribution in [-0.2, 0) is 4.79 Å². The summed E-state index contributed by atoms with van der Waals surface area (Å²) in [6.45, 7) is 1.58. The summed E-state index contributed by atoms with van der Waals surface area (Å²) in [5.74, 6) is 0.550. The van der Waals surface area contributed by atoms with Crippen molar-refractivity contribution < 1.29 is 9.53 Å². The number of carbonyl (C=O) groups excluding carboxylic acids is 1. The third-order valence-electron chi connectivity index (χ3n) is 4.10. The molecule has 0 amide bonds. The van der Waals surface area contributed by atoms with Crippen molar-refractivity contribution in [2.45, 2.75) is 0 Å². The van der Waals surface area contributed by atoms with Gasteiger partial charge in [0.1, 0.15) is 5.75 Å². The fourth-order valence-corrected chi connectivity index (χ4v) is 3.07. The minimum Gasteiger partial charge on any atom is -0.417 e. The first-order valence-corrected chi connectivity index (χ1v) is 7.42. The number of benzene rings is 4. The Kier molecular flexibility index (Phi) is 3.28.